The minimum absolute atomic E-state index is 0.0838. The number of ether oxygens (including phenoxy) is 1. The molecule has 0 bridgehead atoms. The molecule has 2 heterocycles. The smallest absolute Gasteiger partial charge is 0.410 e. The molecule has 2 saturated heterocycles. The van der Waals surface area contributed by atoms with Crippen LogP contribution in [0.4, 0.5) is 9.18 Å². The van der Waals surface area contributed by atoms with E-state index in [9.17, 15) is 14.0 Å². The minimum atomic E-state index is -0.578. The number of hydrogen-bond donors (Lipinski definition) is 1. The number of benzene rings is 1. The zero-order chi connectivity index (χ0) is 21.0. The van der Waals surface area contributed by atoms with Crippen molar-refractivity contribution in [2.24, 2.45) is 0 Å². The lowest BCUT2D eigenvalue weighted by Crippen LogP contribution is -2.52. The third-order valence-electron chi connectivity index (χ3n) is 5.47. The van der Waals surface area contributed by atoms with Crippen molar-refractivity contribution in [1.29, 1.82) is 0 Å². The third kappa shape index (κ3) is 5.92. The fourth-order valence-electron chi connectivity index (χ4n) is 3.98. The van der Waals surface area contributed by atoms with Gasteiger partial charge in [-0.2, -0.15) is 0 Å². The van der Waals surface area contributed by atoms with Crippen molar-refractivity contribution in [1.82, 2.24) is 15.1 Å². The van der Waals surface area contributed by atoms with E-state index in [-0.39, 0.29) is 17.8 Å². The highest BCUT2D eigenvalue weighted by molar-refractivity contribution is 5.86. The molecule has 0 spiro atoms. The summed E-state index contributed by atoms with van der Waals surface area (Å²) >= 11 is 0. The van der Waals surface area contributed by atoms with Crippen molar-refractivity contribution < 1.29 is 18.7 Å². The number of nitrogens with zero attached hydrogens (tertiary/aromatic N) is 2. The van der Waals surface area contributed by atoms with Crippen LogP contribution in [0.2, 0.25) is 0 Å². The van der Waals surface area contributed by atoms with Crippen LogP contribution in [0.5, 0.6) is 0 Å². The molecule has 1 unspecified atom stereocenters. The first-order chi connectivity index (χ1) is 13.7. The zero-order valence-corrected chi connectivity index (χ0v) is 17.6. The lowest BCUT2D eigenvalue weighted by atomic mass is 10.0. The number of nitrogens with one attached hydrogen (secondary N) is 1. The first-order valence-corrected chi connectivity index (χ1v) is 10.5. The van der Waals surface area contributed by atoms with E-state index in [1.807, 2.05) is 32.9 Å². The highest BCUT2D eigenvalue weighted by Crippen LogP contribution is 2.22. The number of amides is 2. The number of rotatable bonds is 4. The van der Waals surface area contributed by atoms with Crippen molar-refractivity contribution in [3.63, 3.8) is 0 Å². The molecule has 6 nitrogen and oxygen atoms in total. The third-order valence-corrected chi connectivity index (χ3v) is 5.47. The monoisotopic (exact) mass is 405 g/mol. The van der Waals surface area contributed by atoms with Crippen molar-refractivity contribution in [2.45, 2.75) is 70.7 Å². The van der Waals surface area contributed by atoms with Gasteiger partial charge in [0.1, 0.15) is 17.5 Å². The van der Waals surface area contributed by atoms with Crippen molar-refractivity contribution in [2.75, 3.05) is 19.6 Å². The average Bonchev–Trinajstić information content (AvgIpc) is 3.14. The topological polar surface area (TPSA) is 61.9 Å². The van der Waals surface area contributed by atoms with E-state index in [4.69, 9.17) is 4.74 Å². The van der Waals surface area contributed by atoms with E-state index in [0.29, 0.717) is 25.1 Å². The first kappa shape index (κ1) is 21.6. The zero-order valence-electron chi connectivity index (χ0n) is 17.6. The van der Waals surface area contributed by atoms with Gasteiger partial charge in [-0.15, -0.1) is 0 Å². The Kier molecular flexibility index (Phi) is 6.77. The van der Waals surface area contributed by atoms with Crippen LogP contribution in [0.15, 0.2) is 24.3 Å². The Labute approximate surface area is 172 Å². The van der Waals surface area contributed by atoms with Crippen LogP contribution in [0, 0.1) is 5.82 Å². The summed E-state index contributed by atoms with van der Waals surface area (Å²) in [6, 6.07) is 6.48. The van der Waals surface area contributed by atoms with Crippen LogP contribution in [-0.4, -0.2) is 59.1 Å². The van der Waals surface area contributed by atoms with E-state index in [2.05, 4.69) is 10.2 Å². The molecule has 160 valence electrons. The number of halogens is 1. The molecule has 7 heteroatoms. The predicted molar refractivity (Wildman–Crippen MR) is 109 cm³/mol. The van der Waals surface area contributed by atoms with Gasteiger partial charge < -0.3 is 10.1 Å². The van der Waals surface area contributed by atoms with Gasteiger partial charge in [-0.3, -0.25) is 14.6 Å². The molecule has 1 atom stereocenters. The Morgan fingerprint density at radius 3 is 2.48 bits per heavy atom. The predicted octanol–water partition coefficient (Wildman–Crippen LogP) is 3.31. The van der Waals surface area contributed by atoms with Crippen LogP contribution in [0.1, 0.15) is 52.0 Å². The normalized spacial score (nSPS) is 21.2. The maximum absolute atomic E-state index is 13.8. The second-order valence-corrected chi connectivity index (χ2v) is 8.98. The van der Waals surface area contributed by atoms with Crippen LogP contribution in [-0.2, 0) is 16.1 Å². The molecule has 1 aromatic carbocycles. The minimum Gasteiger partial charge on any atom is -0.444 e. The molecule has 3 rings (SSSR count). The Morgan fingerprint density at radius 1 is 1.14 bits per heavy atom. The molecular formula is C22H32FN3O3. The largest absolute Gasteiger partial charge is 0.444 e. The molecule has 0 aromatic heterocycles. The number of carbonyl (C=O) groups is 2. The quantitative estimate of drug-likeness (QED) is 0.835. The van der Waals surface area contributed by atoms with Gasteiger partial charge in [-0.25, -0.2) is 9.18 Å². The molecule has 1 aromatic rings. The van der Waals surface area contributed by atoms with Gasteiger partial charge >= 0.3 is 6.09 Å². The summed E-state index contributed by atoms with van der Waals surface area (Å²) in [7, 11) is 0. The number of hydrogen-bond acceptors (Lipinski definition) is 4. The Bertz CT molecular complexity index is 726. The van der Waals surface area contributed by atoms with Gasteiger partial charge in [0.05, 0.1) is 0 Å². The van der Waals surface area contributed by atoms with Crippen molar-refractivity contribution >= 4 is 12.0 Å². The molecule has 2 aliphatic heterocycles. The number of carbonyl (C=O) groups excluding carboxylic acids is 2. The average molecular weight is 406 g/mol. The molecule has 2 fully saturated rings. The fourth-order valence-corrected chi connectivity index (χ4v) is 3.98. The summed E-state index contributed by atoms with van der Waals surface area (Å²) in [5, 5.41) is 3.12. The molecule has 0 radical (unpaired) electrons. The maximum atomic E-state index is 13.8. The Morgan fingerprint density at radius 2 is 1.83 bits per heavy atom. The summed E-state index contributed by atoms with van der Waals surface area (Å²) in [5.74, 6) is -0.271. The van der Waals surface area contributed by atoms with E-state index in [1.165, 1.54) is 6.07 Å². The van der Waals surface area contributed by atoms with E-state index in [1.54, 1.807) is 11.0 Å². The number of piperidine rings is 1. The van der Waals surface area contributed by atoms with E-state index < -0.39 is 17.7 Å². The van der Waals surface area contributed by atoms with Gasteiger partial charge in [-0.1, -0.05) is 18.2 Å². The highest BCUT2D eigenvalue weighted by Gasteiger charge is 2.37. The Hall–Kier alpha value is -2.15. The summed E-state index contributed by atoms with van der Waals surface area (Å²) < 4.78 is 19.3. The van der Waals surface area contributed by atoms with Crippen LogP contribution in [0.3, 0.4) is 0 Å². The summed E-state index contributed by atoms with van der Waals surface area (Å²) in [4.78, 5) is 28.9. The van der Waals surface area contributed by atoms with Gasteiger partial charge in [-0.05, 0) is 52.5 Å². The van der Waals surface area contributed by atoms with Crippen LogP contribution >= 0.6 is 0 Å². The SMILES string of the molecule is CC(C)(C)OC(=O)N1CCCC1C(=O)NC1CCN(Cc2ccccc2F)CC1. The second-order valence-electron chi connectivity index (χ2n) is 8.98. The van der Waals surface area contributed by atoms with Crippen molar-refractivity contribution in [3.05, 3.63) is 35.6 Å². The molecule has 2 amide bonds. The van der Waals surface area contributed by atoms with E-state index in [0.717, 1.165) is 32.4 Å². The second kappa shape index (κ2) is 9.11. The molecule has 0 saturated carbocycles. The fraction of sp³-hybridized carbons (Fsp3) is 0.636. The first-order valence-electron chi connectivity index (χ1n) is 10.5. The molecule has 2 aliphatic rings. The van der Waals surface area contributed by atoms with Gasteiger partial charge in [0.2, 0.25) is 5.91 Å². The molecule has 29 heavy (non-hydrogen) atoms. The van der Waals surface area contributed by atoms with Gasteiger partial charge in [0.15, 0.2) is 0 Å². The van der Waals surface area contributed by atoms with Gasteiger partial charge in [0, 0.05) is 37.8 Å². The number of likely N-dealkylation sites (tertiary alicyclic amines) is 2. The summed E-state index contributed by atoms with van der Waals surface area (Å²) in [6.07, 6.45) is 2.68. The van der Waals surface area contributed by atoms with Crippen molar-refractivity contribution in [3.8, 4) is 0 Å². The van der Waals surface area contributed by atoms with Crippen LogP contribution in [0.25, 0.3) is 0 Å². The Balaban J connectivity index is 1.48. The molecule has 1 N–H and O–H groups in total. The lowest BCUT2D eigenvalue weighted by Gasteiger charge is -2.34. The lowest BCUT2D eigenvalue weighted by molar-refractivity contribution is -0.126. The molecular weight excluding hydrogens is 373 g/mol. The summed E-state index contributed by atoms with van der Waals surface area (Å²) in [5.41, 5.74) is 0.125. The highest BCUT2D eigenvalue weighted by atomic mass is 19.1. The summed E-state index contributed by atoms with van der Waals surface area (Å²) in [6.45, 7) is 8.22. The standard InChI is InChI=1S/C22H32FN3O3/c1-22(2,3)29-21(28)26-12-6-9-19(26)20(27)24-17-10-13-25(14-11-17)15-16-7-4-5-8-18(16)23/h4-5,7-8,17,19H,6,9-15H2,1-3H3,(H,24,27). The van der Waals surface area contributed by atoms with E-state index >= 15 is 0 Å². The molecule has 0 aliphatic carbocycles. The maximum Gasteiger partial charge on any atom is 0.410 e. The van der Waals surface area contributed by atoms with Crippen LogP contribution < -0.4 is 5.32 Å². The van der Waals surface area contributed by atoms with Gasteiger partial charge in [0.25, 0.3) is 0 Å².